The number of hydrogen-bond donors (Lipinski definition) is 1. The number of fused-ring (bicyclic) bond motifs is 1. The van der Waals surface area contributed by atoms with Crippen LogP contribution in [0.1, 0.15) is 33.1 Å². The van der Waals surface area contributed by atoms with Crippen molar-refractivity contribution in [3.8, 4) is 11.3 Å². The van der Waals surface area contributed by atoms with Gasteiger partial charge in [-0.1, -0.05) is 31.9 Å². The van der Waals surface area contributed by atoms with Crippen molar-refractivity contribution in [2.24, 2.45) is 17.8 Å². The molecule has 1 aliphatic carbocycles. The van der Waals surface area contributed by atoms with Crippen LogP contribution < -0.4 is 5.32 Å². The van der Waals surface area contributed by atoms with Gasteiger partial charge in [-0.15, -0.1) is 10.2 Å². The number of halogens is 2. The summed E-state index contributed by atoms with van der Waals surface area (Å²) in [7, 11) is 0. The lowest BCUT2D eigenvalue weighted by Gasteiger charge is -2.22. The van der Waals surface area contributed by atoms with Crippen LogP contribution in [0.5, 0.6) is 0 Å². The molecule has 2 aromatic rings. The highest BCUT2D eigenvalue weighted by Crippen LogP contribution is 2.39. The second-order valence-electron chi connectivity index (χ2n) is 8.49. The highest BCUT2D eigenvalue weighted by atomic mass is 35.5. The van der Waals surface area contributed by atoms with E-state index in [1.807, 2.05) is 12.1 Å². The monoisotopic (exact) mass is 402 g/mol. The first kappa shape index (κ1) is 19.6. The van der Waals surface area contributed by atoms with Gasteiger partial charge >= 0.3 is 0 Å². The first-order chi connectivity index (χ1) is 13.5. The molecule has 1 aromatic heterocycles. The van der Waals surface area contributed by atoms with E-state index in [-0.39, 0.29) is 5.82 Å². The summed E-state index contributed by atoms with van der Waals surface area (Å²) in [6.07, 6.45) is 3.65. The number of benzene rings is 1. The molecule has 0 spiro atoms. The van der Waals surface area contributed by atoms with E-state index in [4.69, 9.17) is 11.6 Å². The molecule has 2 fully saturated rings. The lowest BCUT2D eigenvalue weighted by molar-refractivity contribution is 0.263. The Morgan fingerprint density at radius 3 is 2.57 bits per heavy atom. The summed E-state index contributed by atoms with van der Waals surface area (Å²) in [5.74, 6) is 2.81. The number of anilines is 1. The number of likely N-dealkylation sites (tertiary alicyclic amines) is 1. The maximum atomic E-state index is 13.5. The highest BCUT2D eigenvalue weighted by Gasteiger charge is 2.40. The molecule has 3 atom stereocenters. The molecule has 1 aliphatic heterocycles. The Labute approximate surface area is 171 Å². The predicted molar refractivity (Wildman–Crippen MR) is 112 cm³/mol. The van der Waals surface area contributed by atoms with Gasteiger partial charge < -0.3 is 10.2 Å². The van der Waals surface area contributed by atoms with E-state index in [0.717, 1.165) is 23.6 Å². The Morgan fingerprint density at radius 2 is 1.93 bits per heavy atom. The fraction of sp³-hybridized carbons (Fsp3) is 0.545. The third-order valence-electron chi connectivity index (χ3n) is 6.31. The van der Waals surface area contributed by atoms with Crippen LogP contribution in [-0.4, -0.2) is 40.8 Å². The third kappa shape index (κ3) is 4.31. The van der Waals surface area contributed by atoms with E-state index in [1.165, 1.54) is 51.0 Å². The van der Waals surface area contributed by atoms with E-state index >= 15 is 0 Å². The summed E-state index contributed by atoms with van der Waals surface area (Å²) in [6, 6.07) is 8.49. The zero-order valence-corrected chi connectivity index (χ0v) is 17.3. The maximum Gasteiger partial charge on any atom is 0.148 e. The highest BCUT2D eigenvalue weighted by molar-refractivity contribution is 6.33. The standard InChI is InChI=1S/C22H28ClFN4/c1-3-14(2)11-28-12-15-8-18(9-16(15)13-28)25-22-7-6-21(26-27-22)19-10-17(24)4-5-20(19)23/h4-7,10,14-16,18H,3,8-9,11-13H2,1-2H3,(H,25,27). The molecule has 0 amide bonds. The van der Waals surface area contributed by atoms with Crippen LogP contribution in [0.4, 0.5) is 10.2 Å². The molecule has 1 aromatic carbocycles. The molecule has 0 radical (unpaired) electrons. The van der Waals surface area contributed by atoms with Gasteiger partial charge in [0.05, 0.1) is 10.7 Å². The largest absolute Gasteiger partial charge is 0.366 e. The smallest absolute Gasteiger partial charge is 0.148 e. The molecule has 150 valence electrons. The summed E-state index contributed by atoms with van der Waals surface area (Å²) in [5.41, 5.74) is 1.15. The normalized spacial score (nSPS) is 25.6. The molecular formula is C22H28ClFN4. The topological polar surface area (TPSA) is 41.0 Å². The Bertz CT molecular complexity index is 799. The fourth-order valence-corrected chi connectivity index (χ4v) is 4.90. The molecule has 2 aliphatic rings. The van der Waals surface area contributed by atoms with Crippen LogP contribution in [0.2, 0.25) is 5.02 Å². The summed E-state index contributed by atoms with van der Waals surface area (Å²) in [6.45, 7) is 8.32. The van der Waals surface area contributed by atoms with Crippen molar-refractivity contribution < 1.29 is 4.39 Å². The van der Waals surface area contributed by atoms with Crippen molar-refractivity contribution in [3.05, 3.63) is 41.2 Å². The SMILES string of the molecule is CCC(C)CN1CC2CC(Nc3ccc(-c4cc(F)ccc4Cl)nn3)CC2C1. The minimum atomic E-state index is -0.330. The molecule has 28 heavy (non-hydrogen) atoms. The molecule has 1 N–H and O–H groups in total. The zero-order chi connectivity index (χ0) is 19.7. The third-order valence-corrected chi connectivity index (χ3v) is 6.64. The quantitative estimate of drug-likeness (QED) is 0.729. The number of nitrogens with zero attached hydrogens (tertiary/aromatic N) is 3. The Kier molecular flexibility index (Phi) is 5.83. The first-order valence-electron chi connectivity index (χ1n) is 10.3. The number of rotatable bonds is 6. The number of aromatic nitrogens is 2. The Hall–Kier alpha value is -1.72. The minimum Gasteiger partial charge on any atom is -0.366 e. The van der Waals surface area contributed by atoms with Gasteiger partial charge in [0, 0.05) is 31.2 Å². The van der Waals surface area contributed by atoms with Crippen molar-refractivity contribution in [1.29, 1.82) is 0 Å². The van der Waals surface area contributed by atoms with Crippen molar-refractivity contribution in [2.75, 3.05) is 25.0 Å². The van der Waals surface area contributed by atoms with Crippen LogP contribution in [0.15, 0.2) is 30.3 Å². The summed E-state index contributed by atoms with van der Waals surface area (Å²) >= 11 is 6.16. The summed E-state index contributed by atoms with van der Waals surface area (Å²) in [5, 5.41) is 12.6. The summed E-state index contributed by atoms with van der Waals surface area (Å²) < 4.78 is 13.5. The molecule has 3 unspecified atom stereocenters. The van der Waals surface area contributed by atoms with E-state index in [0.29, 0.717) is 22.3 Å². The first-order valence-corrected chi connectivity index (χ1v) is 10.7. The lowest BCUT2D eigenvalue weighted by Crippen LogP contribution is -2.29. The number of hydrogen-bond acceptors (Lipinski definition) is 4. The Balaban J connectivity index is 1.34. The molecule has 4 rings (SSSR count). The molecule has 1 saturated heterocycles. The van der Waals surface area contributed by atoms with Crippen molar-refractivity contribution >= 4 is 17.4 Å². The van der Waals surface area contributed by atoms with Gasteiger partial charge in [0.1, 0.15) is 11.6 Å². The predicted octanol–water partition coefficient (Wildman–Crippen LogP) is 5.10. The van der Waals surface area contributed by atoms with Crippen molar-refractivity contribution in [1.82, 2.24) is 15.1 Å². The Morgan fingerprint density at radius 1 is 1.18 bits per heavy atom. The van der Waals surface area contributed by atoms with Gasteiger partial charge in [0.25, 0.3) is 0 Å². The van der Waals surface area contributed by atoms with Crippen LogP contribution >= 0.6 is 11.6 Å². The second kappa shape index (κ2) is 8.34. The van der Waals surface area contributed by atoms with Crippen LogP contribution in [0.3, 0.4) is 0 Å². The van der Waals surface area contributed by atoms with Gasteiger partial charge in [-0.05, 0) is 60.9 Å². The van der Waals surface area contributed by atoms with Gasteiger partial charge in [0.15, 0.2) is 0 Å². The van der Waals surface area contributed by atoms with E-state index < -0.39 is 0 Å². The van der Waals surface area contributed by atoms with Gasteiger partial charge in [-0.25, -0.2) is 4.39 Å². The fourth-order valence-electron chi connectivity index (χ4n) is 4.69. The van der Waals surface area contributed by atoms with Gasteiger partial charge in [-0.3, -0.25) is 0 Å². The molecule has 6 heteroatoms. The molecule has 4 nitrogen and oxygen atoms in total. The second-order valence-corrected chi connectivity index (χ2v) is 8.90. The maximum absolute atomic E-state index is 13.5. The molecular weight excluding hydrogens is 375 g/mol. The van der Waals surface area contributed by atoms with E-state index in [1.54, 1.807) is 6.07 Å². The van der Waals surface area contributed by atoms with Crippen LogP contribution in [0.25, 0.3) is 11.3 Å². The van der Waals surface area contributed by atoms with Gasteiger partial charge in [0.2, 0.25) is 0 Å². The average molecular weight is 403 g/mol. The molecule has 0 bridgehead atoms. The average Bonchev–Trinajstić information content (AvgIpc) is 3.22. The molecule has 2 heterocycles. The lowest BCUT2D eigenvalue weighted by atomic mass is 10.0. The van der Waals surface area contributed by atoms with Crippen molar-refractivity contribution in [2.45, 2.75) is 39.2 Å². The van der Waals surface area contributed by atoms with E-state index in [9.17, 15) is 4.39 Å². The van der Waals surface area contributed by atoms with Crippen LogP contribution in [-0.2, 0) is 0 Å². The van der Waals surface area contributed by atoms with Gasteiger partial charge in [-0.2, -0.15) is 0 Å². The van der Waals surface area contributed by atoms with Crippen molar-refractivity contribution in [3.63, 3.8) is 0 Å². The number of nitrogens with one attached hydrogen (secondary N) is 1. The van der Waals surface area contributed by atoms with E-state index in [2.05, 4.69) is 34.3 Å². The molecule has 1 saturated carbocycles. The summed E-state index contributed by atoms with van der Waals surface area (Å²) in [4.78, 5) is 2.65. The minimum absolute atomic E-state index is 0.330. The zero-order valence-electron chi connectivity index (χ0n) is 16.5. The van der Waals surface area contributed by atoms with Crippen LogP contribution in [0, 0.1) is 23.6 Å².